The van der Waals surface area contributed by atoms with E-state index < -0.39 is 0 Å². The van der Waals surface area contributed by atoms with Crippen LogP contribution in [0.2, 0.25) is 0 Å². The molecule has 31 heavy (non-hydrogen) atoms. The van der Waals surface area contributed by atoms with Crippen LogP contribution < -0.4 is 16.4 Å². The van der Waals surface area contributed by atoms with Crippen molar-refractivity contribution in [2.45, 2.75) is 31.8 Å². The summed E-state index contributed by atoms with van der Waals surface area (Å²) in [5, 5.41) is 11.1. The molecular formula is C21H27BrN8O. The number of carbonyl (C=O) groups is 1. The number of amides is 1. The van der Waals surface area contributed by atoms with Crippen molar-refractivity contribution in [1.29, 1.82) is 0 Å². The minimum absolute atomic E-state index is 0.0557. The maximum Gasteiger partial charge on any atom is 0.229 e. The lowest BCUT2D eigenvalue weighted by Gasteiger charge is -2.27. The van der Waals surface area contributed by atoms with Crippen LogP contribution in [0.3, 0.4) is 0 Å². The Bertz CT molecular complexity index is 986. The molecule has 5 rings (SSSR count). The highest BCUT2D eigenvalue weighted by molar-refractivity contribution is 9.10. The summed E-state index contributed by atoms with van der Waals surface area (Å²) in [6, 6.07) is -0.0557. The average molecular weight is 487 g/mol. The Morgan fingerprint density at radius 2 is 2.00 bits per heavy atom. The Morgan fingerprint density at radius 1 is 1.19 bits per heavy atom. The SMILES string of the molecule is NC(=O)[C@@H]1[C@H](Nc2nc(Nc3cnn(CCN4CCCC4)c3)ncc2Br)[C@H]2C=C[C@@H]1C2. The molecule has 0 aromatic carbocycles. The number of allylic oxidation sites excluding steroid dienone is 1. The summed E-state index contributed by atoms with van der Waals surface area (Å²) in [6.07, 6.45) is 13.3. The lowest BCUT2D eigenvalue weighted by molar-refractivity contribution is -0.122. The largest absolute Gasteiger partial charge is 0.369 e. The van der Waals surface area contributed by atoms with Crippen LogP contribution in [0.25, 0.3) is 0 Å². The van der Waals surface area contributed by atoms with Gasteiger partial charge < -0.3 is 21.3 Å². The van der Waals surface area contributed by atoms with E-state index in [9.17, 15) is 4.79 Å². The molecule has 0 spiro atoms. The van der Waals surface area contributed by atoms with Crippen molar-refractivity contribution in [1.82, 2.24) is 24.6 Å². The smallest absolute Gasteiger partial charge is 0.229 e. The first-order valence-electron chi connectivity index (χ1n) is 10.9. The average Bonchev–Trinajstić information content (AvgIpc) is 3.54. The number of hydrogen-bond donors (Lipinski definition) is 3. The highest BCUT2D eigenvalue weighted by atomic mass is 79.9. The molecule has 1 amide bonds. The van der Waals surface area contributed by atoms with E-state index in [-0.39, 0.29) is 29.7 Å². The standard InChI is InChI=1S/C21H27BrN8O/c22-16-11-24-21(26-15-10-25-30(12-15)8-7-29-5-1-2-6-29)28-20(16)27-18-14-4-3-13(9-14)17(18)19(23)31/h3-4,10-14,17-18H,1-2,5-9H2,(H2,23,31)(H2,24,26,27,28)/t13-,14+,17+,18-/m1/s1. The number of nitrogens with one attached hydrogen (secondary N) is 2. The summed E-state index contributed by atoms with van der Waals surface area (Å²) >= 11 is 3.52. The van der Waals surface area contributed by atoms with Gasteiger partial charge in [0.15, 0.2) is 0 Å². The van der Waals surface area contributed by atoms with Crippen LogP contribution in [0, 0.1) is 17.8 Å². The number of nitrogens with two attached hydrogens (primary N) is 1. The molecule has 4 N–H and O–H groups in total. The summed E-state index contributed by atoms with van der Waals surface area (Å²) in [5.41, 5.74) is 6.52. The maximum atomic E-state index is 12.0. The van der Waals surface area contributed by atoms with Gasteiger partial charge in [-0.2, -0.15) is 10.1 Å². The minimum atomic E-state index is -0.265. The first-order chi connectivity index (χ1) is 15.1. The van der Waals surface area contributed by atoms with E-state index in [4.69, 9.17) is 5.73 Å². The molecule has 3 heterocycles. The predicted octanol–water partition coefficient (Wildman–Crippen LogP) is 2.36. The molecule has 1 saturated heterocycles. The minimum Gasteiger partial charge on any atom is -0.369 e. The van der Waals surface area contributed by atoms with E-state index in [1.165, 1.54) is 25.9 Å². The summed E-state index contributed by atoms with van der Waals surface area (Å²) in [7, 11) is 0. The van der Waals surface area contributed by atoms with Crippen molar-refractivity contribution in [2.75, 3.05) is 30.3 Å². The highest BCUT2D eigenvalue weighted by Gasteiger charge is 2.47. The van der Waals surface area contributed by atoms with Crippen molar-refractivity contribution >= 4 is 39.3 Å². The molecule has 2 aliphatic carbocycles. The Balaban J connectivity index is 1.25. The molecule has 164 valence electrons. The number of hydrogen-bond acceptors (Lipinski definition) is 7. The number of primary amides is 1. The molecule has 2 aromatic heterocycles. The summed E-state index contributed by atoms with van der Waals surface area (Å²) in [6.45, 7) is 4.25. The number of nitrogens with zero attached hydrogens (tertiary/aromatic N) is 5. The number of halogens is 1. The number of rotatable bonds is 8. The second-order valence-corrected chi connectivity index (χ2v) is 9.46. The third-order valence-corrected chi connectivity index (χ3v) is 7.15. The van der Waals surface area contributed by atoms with Crippen LogP contribution in [0.4, 0.5) is 17.5 Å². The zero-order valence-corrected chi connectivity index (χ0v) is 18.8. The molecule has 4 atom stereocenters. The van der Waals surface area contributed by atoms with Crippen molar-refractivity contribution < 1.29 is 4.79 Å². The molecular weight excluding hydrogens is 460 g/mol. The van der Waals surface area contributed by atoms with Crippen LogP contribution in [0.15, 0.2) is 35.2 Å². The Hall–Kier alpha value is -2.46. The topological polar surface area (TPSA) is 114 Å². The van der Waals surface area contributed by atoms with Crippen molar-refractivity contribution in [3.05, 3.63) is 35.2 Å². The molecule has 3 aliphatic rings. The van der Waals surface area contributed by atoms with Gasteiger partial charge in [0.2, 0.25) is 11.9 Å². The fraction of sp³-hybridized carbons (Fsp3) is 0.524. The quantitative estimate of drug-likeness (QED) is 0.490. The fourth-order valence-corrected chi connectivity index (χ4v) is 5.33. The third-order valence-electron chi connectivity index (χ3n) is 6.57. The van der Waals surface area contributed by atoms with Gasteiger partial charge in [-0.05, 0) is 60.1 Å². The Morgan fingerprint density at radius 3 is 2.81 bits per heavy atom. The van der Waals surface area contributed by atoms with E-state index in [1.807, 2.05) is 10.9 Å². The third kappa shape index (κ3) is 4.31. The van der Waals surface area contributed by atoms with Crippen LogP contribution in [-0.4, -0.2) is 56.2 Å². The van der Waals surface area contributed by atoms with Crippen LogP contribution in [0.5, 0.6) is 0 Å². The number of fused-ring (bicyclic) bond motifs is 2. The zero-order valence-electron chi connectivity index (χ0n) is 17.2. The molecule has 10 heteroatoms. The first kappa shape index (κ1) is 20.4. The monoisotopic (exact) mass is 486 g/mol. The molecule has 0 unspecified atom stereocenters. The Labute approximate surface area is 189 Å². The van der Waals surface area contributed by atoms with Crippen molar-refractivity contribution in [2.24, 2.45) is 23.5 Å². The van der Waals surface area contributed by atoms with Crippen LogP contribution >= 0.6 is 15.9 Å². The zero-order chi connectivity index (χ0) is 21.4. The first-order valence-corrected chi connectivity index (χ1v) is 11.6. The Kier molecular flexibility index (Phi) is 5.66. The second kappa shape index (κ2) is 8.58. The molecule has 2 fully saturated rings. The molecule has 0 radical (unpaired) electrons. The molecule has 2 bridgehead atoms. The maximum absolute atomic E-state index is 12.0. The normalized spacial score (nSPS) is 27.1. The van der Waals surface area contributed by atoms with E-state index in [1.54, 1.807) is 12.4 Å². The van der Waals surface area contributed by atoms with Crippen molar-refractivity contribution in [3.63, 3.8) is 0 Å². The predicted molar refractivity (Wildman–Crippen MR) is 122 cm³/mol. The van der Waals surface area contributed by atoms with Gasteiger partial charge in [-0.15, -0.1) is 0 Å². The van der Waals surface area contributed by atoms with Gasteiger partial charge in [0.25, 0.3) is 0 Å². The van der Waals surface area contributed by atoms with Gasteiger partial charge in [0.1, 0.15) is 5.82 Å². The summed E-state index contributed by atoms with van der Waals surface area (Å²) < 4.78 is 2.69. The summed E-state index contributed by atoms with van der Waals surface area (Å²) in [5.74, 6) is 1.13. The lowest BCUT2D eigenvalue weighted by Crippen LogP contribution is -2.41. The van der Waals surface area contributed by atoms with E-state index in [0.717, 1.165) is 29.7 Å². The van der Waals surface area contributed by atoms with E-state index in [2.05, 4.69) is 58.7 Å². The second-order valence-electron chi connectivity index (χ2n) is 8.60. The fourth-order valence-electron chi connectivity index (χ4n) is 5.02. The molecule has 9 nitrogen and oxygen atoms in total. The number of aromatic nitrogens is 4. The summed E-state index contributed by atoms with van der Waals surface area (Å²) in [4.78, 5) is 23.5. The number of carbonyl (C=O) groups excluding carboxylic acids is 1. The number of likely N-dealkylation sites (tertiary alicyclic amines) is 1. The molecule has 2 aromatic rings. The lowest BCUT2D eigenvalue weighted by atomic mass is 9.88. The van der Waals surface area contributed by atoms with Crippen LogP contribution in [-0.2, 0) is 11.3 Å². The van der Waals surface area contributed by atoms with Gasteiger partial charge in [-0.1, -0.05) is 12.2 Å². The molecule has 1 aliphatic heterocycles. The molecule has 1 saturated carbocycles. The van der Waals surface area contributed by atoms with Gasteiger partial charge in [0.05, 0.1) is 28.8 Å². The van der Waals surface area contributed by atoms with Crippen molar-refractivity contribution in [3.8, 4) is 0 Å². The van der Waals surface area contributed by atoms with Gasteiger partial charge >= 0.3 is 0 Å². The van der Waals surface area contributed by atoms with Gasteiger partial charge in [-0.25, -0.2) is 4.98 Å². The van der Waals surface area contributed by atoms with Crippen LogP contribution in [0.1, 0.15) is 19.3 Å². The van der Waals surface area contributed by atoms with E-state index in [0.29, 0.717) is 11.8 Å². The van der Waals surface area contributed by atoms with Gasteiger partial charge in [-0.3, -0.25) is 9.48 Å². The highest BCUT2D eigenvalue weighted by Crippen LogP contribution is 2.45. The van der Waals surface area contributed by atoms with E-state index >= 15 is 0 Å². The number of anilines is 3. The van der Waals surface area contributed by atoms with Gasteiger partial charge in [0, 0.05) is 25.0 Å².